The number of hydrogen-bond donors (Lipinski definition) is 21. The van der Waals surface area contributed by atoms with Crippen molar-refractivity contribution in [2.75, 3.05) is 101 Å². The number of ether oxygens (including phenoxy) is 4. The number of anilines is 2. The molecule has 0 saturated heterocycles. The number of esters is 2. The van der Waals surface area contributed by atoms with E-state index >= 15 is 4.79 Å². The van der Waals surface area contributed by atoms with Gasteiger partial charge in [-0.3, -0.25) is 116 Å². The number of rotatable bonds is 66. The van der Waals surface area contributed by atoms with Gasteiger partial charge in [0.05, 0.1) is 31.6 Å². The molecule has 0 unspecified atom stereocenters. The van der Waals surface area contributed by atoms with Crippen LogP contribution >= 0.6 is 23.4 Å². The van der Waals surface area contributed by atoms with Gasteiger partial charge in [-0.2, -0.15) is 23.1 Å². The summed E-state index contributed by atoms with van der Waals surface area (Å²) >= 11 is 6.41. The summed E-state index contributed by atoms with van der Waals surface area (Å²) in [6.45, 7) is 4.28. The molecule has 0 aliphatic carbocycles. The Labute approximate surface area is 783 Å². The van der Waals surface area contributed by atoms with Gasteiger partial charge in [-0.15, -0.1) is 23.4 Å². The van der Waals surface area contributed by atoms with Crippen LogP contribution in [0.1, 0.15) is 155 Å². The smallest absolute Gasteiger partial charge is 0.475 e. The predicted molar refractivity (Wildman–Crippen MR) is 500 cm³/mol. The summed E-state index contributed by atoms with van der Waals surface area (Å²) in [5, 5.41) is 7.12. The lowest BCUT2D eigenvalue weighted by atomic mass is 9.78. The zero-order valence-corrected chi connectivity index (χ0v) is 77.1. The van der Waals surface area contributed by atoms with E-state index < -0.39 is 142 Å². The Morgan fingerprint density at radius 2 is 0.689 bits per heavy atom. The first-order chi connectivity index (χ1) is 63.6. The average Bonchev–Trinajstić information content (AvgIpc) is 1.67. The van der Waals surface area contributed by atoms with Crippen LogP contribution in [-0.4, -0.2) is 252 Å². The van der Waals surface area contributed by atoms with E-state index in [0.29, 0.717) is 18.5 Å². The highest BCUT2D eigenvalue weighted by Gasteiger charge is 2.39. The number of aliphatic carboxylic acids is 1. The first-order valence-corrected chi connectivity index (χ1v) is 44.3. The number of Topliss-reactive ketones (excluding diaryl/α,β-unsaturated/α-hetero) is 7. The molecule has 52 nitrogen and oxygen atoms in total. The second-order valence-electron chi connectivity index (χ2n) is 30.5. The fraction of sp³-hybridized carbons (Fsp3) is 0.628. The molecule has 0 bridgehead atoms. The summed E-state index contributed by atoms with van der Waals surface area (Å²) in [6.07, 6.45) is -1.90. The van der Waals surface area contributed by atoms with Crippen LogP contribution in [-0.2, 0) is 89.9 Å². The maximum Gasteiger partial charge on any atom is 0.490 e. The van der Waals surface area contributed by atoms with Crippen molar-refractivity contribution < 1.29 is 94.8 Å². The number of aliphatic imine (C=N–C) groups is 7. The Hall–Kier alpha value is -13.4. The highest BCUT2D eigenvalue weighted by Crippen LogP contribution is 2.32. The zero-order chi connectivity index (χ0) is 102. The Balaban J connectivity index is 0.00000237. The van der Waals surface area contributed by atoms with Gasteiger partial charge in [0.25, 0.3) is 11.1 Å². The number of aromatic nitrogens is 8. The van der Waals surface area contributed by atoms with E-state index in [2.05, 4.69) is 70.6 Å². The molecule has 756 valence electrons. The number of fused-ring (bicyclic) bond motifs is 2. The minimum absolute atomic E-state index is 0.000271. The topological polar surface area (TPSA) is 944 Å². The van der Waals surface area contributed by atoms with Gasteiger partial charge in [-0.1, -0.05) is 13.8 Å². The van der Waals surface area contributed by atoms with Crippen molar-refractivity contribution in [3.8, 4) is 0 Å². The van der Waals surface area contributed by atoms with Crippen molar-refractivity contribution in [3.63, 3.8) is 0 Å². The molecule has 0 aromatic carbocycles. The van der Waals surface area contributed by atoms with Crippen molar-refractivity contribution in [3.05, 3.63) is 33.4 Å². The highest BCUT2D eigenvalue weighted by atomic mass is 35.5. The summed E-state index contributed by atoms with van der Waals surface area (Å²) < 4.78 is 55.6. The zero-order valence-electron chi connectivity index (χ0n) is 75.6. The third kappa shape index (κ3) is 53.8. The van der Waals surface area contributed by atoms with Crippen molar-refractivity contribution in [2.45, 2.75) is 175 Å². The third-order valence-corrected chi connectivity index (χ3v) is 21.0. The van der Waals surface area contributed by atoms with E-state index in [1.165, 1.54) is 21.8 Å². The Bertz CT molecular complexity index is 4800. The van der Waals surface area contributed by atoms with E-state index in [4.69, 9.17) is 138 Å². The standard InChI is InChI=1S/C63H111N27O12S.C10H12ClN5O4.C3H7NO.C2HF3O2/c1-36(32-103-33-51(98)102-24-23-101-35-90-34-87-52-54(90)88-63(79)89-55(52)100)44(91)25-37(9-2-16-80-56(65)66)45(92)26-38(10-3-17-81-57(67)68)46(93)27-39(11-4-18-82-58(69)70)47(94)28-40(12-5-19-83-59(71)72)48(95)29-41(13-6-20-84-60(73)74)49(96)30-42(14-7-21-85-61(75)76)50(97)31-43(53(64)99)15-8-22-86-62(77)78;11-3-6(17)20-2-1-19-5-16-4-13-7-8(16)14-10(12)15-9(7)18;1-2-3(4)5;3-2(4,5)1(6)7/h34,36-43H,2-33,35H2,1H3,(H2,64,99)(H4,65,66,80)(H4,67,68,81)(H4,69,70,82)(H4,71,72,83)(H4,73,74,84)(H4,75,76,85)(H4,77,78,86)(H3,79,88,89,100);4H,1-3,5H2,(H3,12,14,15,18);2H2,1H3,(H2,4,5);(H,6,7)/t36-,37-,38-,39-,40-,41-,42-,43-;;;/m0.../s1. The molecule has 0 spiro atoms. The molecule has 0 fully saturated rings. The molecule has 8 atom stereocenters. The first kappa shape index (κ1) is 120. The number of thioether (sulfide) groups is 1. The fourth-order valence-electron chi connectivity index (χ4n) is 12.7. The van der Waals surface area contributed by atoms with Gasteiger partial charge in [0.15, 0.2) is 64.0 Å². The van der Waals surface area contributed by atoms with Crippen molar-refractivity contribution in [2.24, 2.45) is 174 Å². The van der Waals surface area contributed by atoms with Gasteiger partial charge in [0.1, 0.15) is 73.0 Å². The Kier molecular flexibility index (Phi) is 58.5. The lowest BCUT2D eigenvalue weighted by molar-refractivity contribution is -0.192. The van der Waals surface area contributed by atoms with Crippen LogP contribution < -0.4 is 114 Å². The second-order valence-corrected chi connectivity index (χ2v) is 31.8. The highest BCUT2D eigenvalue weighted by molar-refractivity contribution is 7.99. The molecule has 39 N–H and O–H groups in total. The summed E-state index contributed by atoms with van der Waals surface area (Å²) in [4.78, 5) is 230. The number of hydrogen-bond acceptors (Lipinski definition) is 32. The van der Waals surface area contributed by atoms with Gasteiger partial charge >= 0.3 is 24.1 Å². The van der Waals surface area contributed by atoms with Gasteiger partial charge in [0, 0.05) is 150 Å². The number of carboxylic acids is 1. The summed E-state index contributed by atoms with van der Waals surface area (Å²) in [5.41, 5.74) is 99.8. The molecule has 2 amide bonds. The molecule has 0 aliphatic rings. The number of aromatic amines is 2. The predicted octanol–water partition coefficient (Wildman–Crippen LogP) is -3.55. The molecule has 0 saturated carbocycles. The van der Waals surface area contributed by atoms with Crippen molar-refractivity contribution in [1.29, 1.82) is 0 Å². The van der Waals surface area contributed by atoms with Gasteiger partial charge in [0.2, 0.25) is 23.7 Å². The van der Waals surface area contributed by atoms with Crippen molar-refractivity contribution in [1.82, 2.24) is 39.0 Å². The summed E-state index contributed by atoms with van der Waals surface area (Å²) in [7, 11) is 0. The Morgan fingerprint density at radius 1 is 0.437 bits per heavy atom. The van der Waals surface area contributed by atoms with Crippen LogP contribution in [0.4, 0.5) is 25.1 Å². The third-order valence-electron chi connectivity index (χ3n) is 19.6. The molecule has 4 aromatic rings. The molecule has 4 heterocycles. The van der Waals surface area contributed by atoms with Crippen LogP contribution in [0.25, 0.3) is 22.3 Å². The van der Waals surface area contributed by atoms with Crippen LogP contribution in [0.5, 0.6) is 0 Å². The summed E-state index contributed by atoms with van der Waals surface area (Å²) in [5.74, 6) is -17.1. The number of halogens is 4. The number of carbonyl (C=O) groups is 12. The van der Waals surface area contributed by atoms with Gasteiger partial charge < -0.3 is 127 Å². The lowest BCUT2D eigenvalue weighted by Crippen LogP contribution is -2.32. The molecule has 0 radical (unpaired) electrons. The van der Waals surface area contributed by atoms with E-state index in [-0.39, 0.29) is 294 Å². The number of ketones is 7. The molecule has 57 heteroatoms. The van der Waals surface area contributed by atoms with Crippen LogP contribution in [0.15, 0.2) is 57.2 Å². The number of nitrogens with two attached hydrogens (primary N) is 18. The molecule has 4 rings (SSSR count). The number of carbonyl (C=O) groups excluding carboxylic acids is 11. The van der Waals surface area contributed by atoms with E-state index in [9.17, 15) is 70.7 Å². The number of amides is 2. The molecular weight excluding hydrogens is 1830 g/mol. The summed E-state index contributed by atoms with van der Waals surface area (Å²) in [6, 6.07) is 0. The fourth-order valence-corrected chi connectivity index (χ4v) is 13.7. The quantitative estimate of drug-likeness (QED) is 0.00669. The van der Waals surface area contributed by atoms with E-state index in [1.54, 1.807) is 13.8 Å². The number of nitrogens with one attached hydrogen (secondary N) is 2. The second kappa shape index (κ2) is 66.0. The van der Waals surface area contributed by atoms with Crippen molar-refractivity contribution >= 4 is 170 Å². The minimum atomic E-state index is -5.08. The average molecular weight is 1960 g/mol. The molecular formula is C78H131ClF3N33O19S. The van der Waals surface area contributed by atoms with E-state index in [0.717, 1.165) is 11.8 Å². The number of nitrogens with zero attached hydrogens (tertiary/aromatic N) is 13. The molecule has 4 aromatic heterocycles. The van der Waals surface area contributed by atoms with Crippen LogP contribution in [0.3, 0.4) is 0 Å². The molecule has 135 heavy (non-hydrogen) atoms. The number of carboxylic acid groups (broad SMARTS) is 1. The SMILES string of the molecule is CCC(N)=O.C[C@@H](CSCC(=O)OCCOCn1cnc2c(=O)[nH]c(N)nc21)C(=O)C[C@H](CCCN=C(N)N)C(=O)C[C@H](CCCN=C(N)N)C(=O)C[C@H](CCCN=C(N)N)C(=O)C[C@H](CCCN=C(N)N)C(=O)C[C@H](CCCN=C(N)N)C(=O)C[C@H](CCCN=C(N)N)C(=O)C[C@H](CCCN=C(N)N)C(N)=O.Nc1nc2c(ncn2COCCOC(=O)CCl)c(=O)[nH]1.O=C(O)C(F)(F)F. The van der Waals surface area contributed by atoms with Gasteiger partial charge in [-0.25, -0.2) is 14.8 Å². The monoisotopic (exact) mass is 1960 g/mol. The number of imidazole rings is 2. The van der Waals surface area contributed by atoms with Crippen LogP contribution in [0.2, 0.25) is 0 Å². The first-order valence-electron chi connectivity index (χ1n) is 42.6. The normalized spacial score (nSPS) is 12.7. The lowest BCUT2D eigenvalue weighted by Gasteiger charge is -2.25. The van der Waals surface area contributed by atoms with E-state index in [1.807, 2.05) is 0 Å². The number of guanidine groups is 7. The maximum absolute atomic E-state index is 15.0. The number of alkyl halides is 4. The molecule has 0 aliphatic heterocycles. The Morgan fingerprint density at radius 3 is 0.933 bits per heavy atom. The largest absolute Gasteiger partial charge is 0.490 e. The van der Waals surface area contributed by atoms with Crippen LogP contribution in [0, 0.1) is 47.3 Å². The number of H-pyrrole nitrogens is 2. The minimum Gasteiger partial charge on any atom is -0.475 e. The van der Waals surface area contributed by atoms with Gasteiger partial charge in [-0.05, 0) is 89.9 Å². The maximum atomic E-state index is 15.0. The number of primary amides is 2. The number of nitrogen functional groups attached to an aromatic ring is 2.